The normalized spacial score (nSPS) is 13.6. The highest BCUT2D eigenvalue weighted by Crippen LogP contribution is 2.39. The number of aromatic nitrogens is 3. The van der Waals surface area contributed by atoms with Gasteiger partial charge >= 0.3 is 0 Å². The Morgan fingerprint density at radius 1 is 0.843 bits per heavy atom. The van der Waals surface area contributed by atoms with Crippen molar-refractivity contribution in [2.45, 2.75) is 33.2 Å². The van der Waals surface area contributed by atoms with Gasteiger partial charge in [0.05, 0.1) is 78.2 Å². The Bertz CT molecular complexity index is 1600. The van der Waals surface area contributed by atoms with Gasteiger partial charge in [-0.2, -0.15) is 0 Å². The molecule has 278 valence electrons. The third-order valence-electron chi connectivity index (χ3n) is 7.65. The van der Waals surface area contributed by atoms with Gasteiger partial charge in [-0.1, -0.05) is 23.7 Å². The standard InChI is InChI=1S/C34H46ClN7O8S/c1-23-24(2)51-34-31(23)32(26-5-7-27(35)8-6-26)39-28(33-41-40-25(3)42(33)34)21-29(43)37-9-11-45-13-15-47-17-19-49-20-18-48-16-14-46-12-10-38-30(44)22-50-36-4/h5-8,28H,4,9-22H2,1-3H3,(H,37,43)(H,38,44)/t28-/m0/s1. The molecule has 15 nitrogen and oxygen atoms in total. The predicted octanol–water partition coefficient (Wildman–Crippen LogP) is 3.14. The number of nitrogens with zero attached hydrogens (tertiary/aromatic N) is 5. The number of hydrogen-bond donors (Lipinski definition) is 2. The molecule has 51 heavy (non-hydrogen) atoms. The zero-order valence-electron chi connectivity index (χ0n) is 29.3. The fourth-order valence-corrected chi connectivity index (χ4v) is 6.38. The summed E-state index contributed by atoms with van der Waals surface area (Å²) in [4.78, 5) is 35.3. The monoisotopic (exact) mass is 747 g/mol. The molecule has 4 rings (SSSR count). The van der Waals surface area contributed by atoms with Crippen LogP contribution < -0.4 is 10.6 Å². The van der Waals surface area contributed by atoms with Crippen LogP contribution in [0, 0.1) is 20.8 Å². The molecular weight excluding hydrogens is 702 g/mol. The summed E-state index contributed by atoms with van der Waals surface area (Å²) in [5.41, 5.74) is 3.88. The molecule has 0 saturated carbocycles. The van der Waals surface area contributed by atoms with Crippen LogP contribution in [0.3, 0.4) is 0 Å². The summed E-state index contributed by atoms with van der Waals surface area (Å²) in [6, 6.07) is 7.06. The number of thiophene rings is 1. The van der Waals surface area contributed by atoms with Crippen LogP contribution in [0.25, 0.3) is 5.00 Å². The van der Waals surface area contributed by atoms with Gasteiger partial charge < -0.3 is 39.2 Å². The number of aliphatic imine (C=N–C) groups is 1. The van der Waals surface area contributed by atoms with Crippen LogP contribution in [0.1, 0.15) is 45.7 Å². The molecule has 0 spiro atoms. The van der Waals surface area contributed by atoms with Crippen LogP contribution in [-0.2, 0) is 38.1 Å². The summed E-state index contributed by atoms with van der Waals surface area (Å²) in [6.07, 6.45) is 0.108. The van der Waals surface area contributed by atoms with Crippen LogP contribution in [0.4, 0.5) is 0 Å². The molecular formula is C34H46ClN7O8S. The zero-order chi connectivity index (χ0) is 36.4. The number of benzene rings is 1. The number of hydrogen-bond acceptors (Lipinski definition) is 13. The van der Waals surface area contributed by atoms with Crippen molar-refractivity contribution >= 4 is 47.2 Å². The fourth-order valence-electron chi connectivity index (χ4n) is 5.04. The van der Waals surface area contributed by atoms with Crippen LogP contribution >= 0.6 is 22.9 Å². The minimum Gasteiger partial charge on any atom is -0.386 e. The Hall–Kier alpha value is -3.77. The van der Waals surface area contributed by atoms with E-state index in [9.17, 15) is 9.59 Å². The molecule has 0 aliphatic carbocycles. The summed E-state index contributed by atoms with van der Waals surface area (Å²) in [7, 11) is 0. The minimum atomic E-state index is -0.535. The number of halogens is 1. The number of fused-ring (bicyclic) bond motifs is 3. The first-order valence-electron chi connectivity index (χ1n) is 16.7. The lowest BCUT2D eigenvalue weighted by Crippen LogP contribution is -2.30. The maximum atomic E-state index is 13.1. The molecule has 2 aromatic heterocycles. The Kier molecular flexibility index (Phi) is 16.9. The number of aryl methyl sites for hydroxylation is 2. The van der Waals surface area contributed by atoms with E-state index in [0.29, 0.717) is 90.0 Å². The van der Waals surface area contributed by atoms with Gasteiger partial charge in [0.25, 0.3) is 5.91 Å². The first kappa shape index (κ1) is 40.0. The molecule has 0 bridgehead atoms. The molecule has 2 amide bonds. The molecule has 1 aliphatic rings. The second-order valence-electron chi connectivity index (χ2n) is 11.3. The van der Waals surface area contributed by atoms with Gasteiger partial charge in [-0.25, -0.2) is 0 Å². The molecule has 1 aromatic carbocycles. The molecule has 2 N–H and O–H groups in total. The van der Waals surface area contributed by atoms with Crippen molar-refractivity contribution < 1.29 is 38.1 Å². The average molecular weight is 748 g/mol. The molecule has 0 fully saturated rings. The maximum Gasteiger partial charge on any atom is 0.260 e. The molecule has 1 atom stereocenters. The van der Waals surface area contributed by atoms with Crippen molar-refractivity contribution in [1.82, 2.24) is 25.4 Å². The zero-order valence-corrected chi connectivity index (χ0v) is 30.9. The average Bonchev–Trinajstić information content (AvgIpc) is 3.60. The molecule has 17 heteroatoms. The fraction of sp³-hybridized carbons (Fsp3) is 0.529. The number of carbonyl (C=O) groups is 2. The predicted molar refractivity (Wildman–Crippen MR) is 194 cm³/mol. The van der Waals surface area contributed by atoms with Crippen LogP contribution in [0.5, 0.6) is 0 Å². The number of carbonyl (C=O) groups excluding carboxylic acids is 2. The number of ether oxygens (including phenoxy) is 5. The Morgan fingerprint density at radius 3 is 1.96 bits per heavy atom. The van der Waals surface area contributed by atoms with Crippen molar-refractivity contribution in [3.05, 3.63) is 62.5 Å². The minimum absolute atomic E-state index is 0.108. The highest BCUT2D eigenvalue weighted by Gasteiger charge is 2.32. The van der Waals surface area contributed by atoms with Gasteiger partial charge in [-0.3, -0.25) is 19.1 Å². The van der Waals surface area contributed by atoms with E-state index >= 15 is 0 Å². The molecule has 3 aromatic rings. The van der Waals surface area contributed by atoms with Crippen molar-refractivity contribution in [3.63, 3.8) is 0 Å². The smallest absolute Gasteiger partial charge is 0.260 e. The molecule has 0 radical (unpaired) electrons. The van der Waals surface area contributed by atoms with Gasteiger partial charge in [0.2, 0.25) is 5.91 Å². The van der Waals surface area contributed by atoms with Gasteiger partial charge in [0, 0.05) is 40.8 Å². The highest BCUT2D eigenvalue weighted by molar-refractivity contribution is 7.15. The molecule has 0 unspecified atom stereocenters. The van der Waals surface area contributed by atoms with Gasteiger partial charge in [-0.15, -0.1) is 26.7 Å². The van der Waals surface area contributed by atoms with E-state index < -0.39 is 6.04 Å². The summed E-state index contributed by atoms with van der Waals surface area (Å²) < 4.78 is 29.5. The van der Waals surface area contributed by atoms with Gasteiger partial charge in [0.15, 0.2) is 12.4 Å². The number of nitrogens with one attached hydrogen (secondary N) is 2. The largest absolute Gasteiger partial charge is 0.386 e. The maximum absolute atomic E-state index is 13.1. The SMILES string of the molecule is C=NOCC(=O)NCCOCCOCCOCCOCCOCCNC(=O)C[C@@H]1N=C(c2ccc(Cl)cc2)c2c(sc(C)c2C)-n2c(C)nnc21. The topological polar surface area (TPSA) is 169 Å². The summed E-state index contributed by atoms with van der Waals surface area (Å²) in [5.74, 6) is 0.929. The van der Waals surface area contributed by atoms with Gasteiger partial charge in [-0.05, 0) is 38.5 Å². The van der Waals surface area contributed by atoms with Crippen LogP contribution in [0.2, 0.25) is 5.02 Å². The van der Waals surface area contributed by atoms with E-state index in [1.54, 1.807) is 11.3 Å². The second-order valence-corrected chi connectivity index (χ2v) is 12.9. The quantitative estimate of drug-likeness (QED) is 0.0789. The lowest BCUT2D eigenvalue weighted by molar-refractivity contribution is -0.126. The van der Waals surface area contributed by atoms with Crippen LogP contribution in [0.15, 0.2) is 34.4 Å². The van der Waals surface area contributed by atoms with E-state index in [0.717, 1.165) is 33.2 Å². The van der Waals surface area contributed by atoms with E-state index in [-0.39, 0.29) is 24.8 Å². The number of amides is 2. The van der Waals surface area contributed by atoms with Crippen molar-refractivity contribution in [3.8, 4) is 5.00 Å². The van der Waals surface area contributed by atoms with Gasteiger partial charge in [0.1, 0.15) is 16.9 Å². The molecule has 1 aliphatic heterocycles. The van der Waals surface area contributed by atoms with E-state index in [2.05, 4.69) is 51.4 Å². The van der Waals surface area contributed by atoms with Crippen molar-refractivity contribution in [1.29, 1.82) is 0 Å². The van der Waals surface area contributed by atoms with Crippen molar-refractivity contribution in [2.75, 3.05) is 85.8 Å². The summed E-state index contributed by atoms with van der Waals surface area (Å²) in [5, 5.41) is 19.2. The van der Waals surface area contributed by atoms with E-state index in [1.807, 2.05) is 35.8 Å². The lowest BCUT2D eigenvalue weighted by atomic mass is 9.99. The molecule has 3 heterocycles. The third-order valence-corrected chi connectivity index (χ3v) is 9.09. The molecule has 0 saturated heterocycles. The first-order chi connectivity index (χ1) is 24.8. The summed E-state index contributed by atoms with van der Waals surface area (Å²) in [6.45, 7) is 13.9. The second kappa shape index (κ2) is 21.6. The number of rotatable bonds is 24. The van der Waals surface area contributed by atoms with E-state index in [4.69, 9.17) is 40.3 Å². The Morgan fingerprint density at radius 2 is 1.39 bits per heavy atom. The number of oxime groups is 1. The van der Waals surface area contributed by atoms with E-state index in [1.165, 1.54) is 4.88 Å². The highest BCUT2D eigenvalue weighted by atomic mass is 35.5. The third kappa shape index (κ3) is 12.5. The first-order valence-corrected chi connectivity index (χ1v) is 17.9. The lowest BCUT2D eigenvalue weighted by Gasteiger charge is -2.13. The van der Waals surface area contributed by atoms with Crippen molar-refractivity contribution in [2.24, 2.45) is 10.1 Å². The van der Waals surface area contributed by atoms with Crippen LogP contribution in [-0.4, -0.2) is 125 Å². The Labute approximate surface area is 306 Å². The summed E-state index contributed by atoms with van der Waals surface area (Å²) >= 11 is 7.87. The Balaban J connectivity index is 1.07.